The number of halogens is 2. The number of nitrogens with zero attached hydrogens (tertiary/aromatic N) is 3. The topological polar surface area (TPSA) is 48.5 Å². The molecule has 0 bridgehead atoms. The lowest BCUT2D eigenvalue weighted by Gasteiger charge is -2.21. The molecule has 2 aromatic rings. The van der Waals surface area contributed by atoms with Crippen LogP contribution in [0.2, 0.25) is 0 Å². The molecule has 2 aliphatic rings. The van der Waals surface area contributed by atoms with Gasteiger partial charge in [0.05, 0.1) is 10.7 Å². The number of nitrogens with one attached hydrogen (secondary N) is 1. The third-order valence-electron chi connectivity index (χ3n) is 5.72. The van der Waals surface area contributed by atoms with Crippen molar-refractivity contribution in [2.24, 2.45) is 11.8 Å². The number of hydrogen-bond acceptors (Lipinski definition) is 4. The first-order valence-electron chi connectivity index (χ1n) is 9.62. The van der Waals surface area contributed by atoms with Crippen LogP contribution in [0.15, 0.2) is 23.6 Å². The highest BCUT2D eigenvalue weighted by Gasteiger charge is 2.37. The van der Waals surface area contributed by atoms with Gasteiger partial charge in [-0.25, -0.2) is 18.6 Å². The molecule has 2 fully saturated rings. The molecule has 150 valence electrons. The molecule has 1 aromatic carbocycles. The minimum absolute atomic E-state index is 0.242. The summed E-state index contributed by atoms with van der Waals surface area (Å²) < 4.78 is 26.4. The van der Waals surface area contributed by atoms with Crippen LogP contribution in [0.4, 0.5) is 19.3 Å². The summed E-state index contributed by atoms with van der Waals surface area (Å²) in [6.45, 7) is 6.37. The Morgan fingerprint density at radius 3 is 2.54 bits per heavy atom. The molecule has 0 spiro atoms. The number of amides is 2. The summed E-state index contributed by atoms with van der Waals surface area (Å²) in [4.78, 5) is 21.3. The van der Waals surface area contributed by atoms with E-state index >= 15 is 0 Å². The van der Waals surface area contributed by atoms with E-state index in [4.69, 9.17) is 0 Å². The second-order valence-electron chi connectivity index (χ2n) is 7.70. The quantitative estimate of drug-likeness (QED) is 0.835. The van der Waals surface area contributed by atoms with Gasteiger partial charge in [-0.3, -0.25) is 4.90 Å². The summed E-state index contributed by atoms with van der Waals surface area (Å²) in [6, 6.07) is 3.17. The Hall–Kier alpha value is -2.06. The molecule has 2 atom stereocenters. The third kappa shape index (κ3) is 4.33. The number of likely N-dealkylation sites (tertiary alicyclic amines) is 2. The third-order valence-corrected chi connectivity index (χ3v) is 6.54. The smallest absolute Gasteiger partial charge is 0.321 e. The van der Waals surface area contributed by atoms with Crippen LogP contribution < -0.4 is 5.32 Å². The Labute approximate surface area is 167 Å². The van der Waals surface area contributed by atoms with E-state index in [2.05, 4.69) is 20.6 Å². The zero-order valence-corrected chi connectivity index (χ0v) is 16.6. The van der Waals surface area contributed by atoms with Gasteiger partial charge in [0.2, 0.25) is 0 Å². The van der Waals surface area contributed by atoms with Crippen molar-refractivity contribution in [1.82, 2.24) is 14.8 Å². The summed E-state index contributed by atoms with van der Waals surface area (Å²) in [5.74, 6) is -0.908. The van der Waals surface area contributed by atoms with Gasteiger partial charge in [-0.1, -0.05) is 0 Å². The fraction of sp³-hybridized carbons (Fsp3) is 0.500. The number of hydrogen-bond donors (Lipinski definition) is 1. The number of aromatic nitrogens is 1. The molecule has 1 N–H and O–H groups in total. The van der Waals surface area contributed by atoms with Crippen LogP contribution in [0.25, 0.3) is 0 Å². The van der Waals surface area contributed by atoms with Gasteiger partial charge < -0.3 is 10.2 Å². The van der Waals surface area contributed by atoms with E-state index in [1.807, 2.05) is 6.92 Å². The lowest BCUT2D eigenvalue weighted by Crippen LogP contribution is -2.34. The second kappa shape index (κ2) is 8.13. The van der Waals surface area contributed by atoms with Crippen LogP contribution >= 0.6 is 11.3 Å². The molecule has 2 saturated heterocycles. The van der Waals surface area contributed by atoms with E-state index in [9.17, 15) is 13.6 Å². The maximum atomic E-state index is 13.3. The molecule has 0 saturated carbocycles. The first kappa shape index (κ1) is 19.3. The maximum Gasteiger partial charge on any atom is 0.321 e. The van der Waals surface area contributed by atoms with E-state index in [0.717, 1.165) is 55.3 Å². The SMILES string of the molecule is Cc1nc(CN2CC[C@@H]3CN(C(=O)Nc4ccc(F)c(F)c4)C[C@@H]3CC2)cs1. The molecule has 28 heavy (non-hydrogen) atoms. The molecule has 0 radical (unpaired) electrons. The van der Waals surface area contributed by atoms with E-state index in [1.54, 1.807) is 16.2 Å². The average molecular weight is 407 g/mol. The van der Waals surface area contributed by atoms with Crippen LogP contribution in [0, 0.1) is 30.4 Å². The summed E-state index contributed by atoms with van der Waals surface area (Å²) >= 11 is 1.69. The number of fused-ring (bicyclic) bond motifs is 1. The molecular weight excluding hydrogens is 382 g/mol. The zero-order chi connectivity index (χ0) is 19.7. The normalized spacial score (nSPS) is 22.8. The van der Waals surface area contributed by atoms with Gasteiger partial charge in [0.1, 0.15) is 0 Å². The summed E-state index contributed by atoms with van der Waals surface area (Å²) in [5, 5.41) is 5.92. The highest BCUT2D eigenvalue weighted by molar-refractivity contribution is 7.09. The second-order valence-corrected chi connectivity index (χ2v) is 8.76. The number of rotatable bonds is 3. The Kier molecular flexibility index (Phi) is 5.59. The van der Waals surface area contributed by atoms with E-state index in [1.165, 1.54) is 6.07 Å². The van der Waals surface area contributed by atoms with Gasteiger partial charge in [-0.15, -0.1) is 11.3 Å². The zero-order valence-electron chi connectivity index (χ0n) is 15.8. The summed E-state index contributed by atoms with van der Waals surface area (Å²) in [6.07, 6.45) is 2.12. The molecule has 2 aliphatic heterocycles. The number of carbonyl (C=O) groups is 1. The summed E-state index contributed by atoms with van der Waals surface area (Å²) in [5.41, 5.74) is 1.42. The molecule has 0 aliphatic carbocycles. The molecule has 1 aromatic heterocycles. The number of thiazole rings is 1. The van der Waals surface area contributed by atoms with Crippen LogP contribution in [0.3, 0.4) is 0 Å². The van der Waals surface area contributed by atoms with Gasteiger partial charge in [0.25, 0.3) is 0 Å². The average Bonchev–Trinajstić information content (AvgIpc) is 3.21. The molecule has 4 rings (SSSR count). The van der Waals surface area contributed by atoms with Gasteiger partial charge in [-0.05, 0) is 56.8 Å². The first-order chi connectivity index (χ1) is 13.5. The Morgan fingerprint density at radius 2 is 1.93 bits per heavy atom. The molecule has 0 unspecified atom stereocenters. The Bertz CT molecular complexity index is 842. The van der Waals surface area contributed by atoms with Crippen molar-refractivity contribution in [2.45, 2.75) is 26.3 Å². The Morgan fingerprint density at radius 1 is 1.21 bits per heavy atom. The lowest BCUT2D eigenvalue weighted by molar-refractivity contribution is 0.215. The fourth-order valence-electron chi connectivity index (χ4n) is 4.21. The van der Waals surface area contributed by atoms with Crippen molar-refractivity contribution in [3.8, 4) is 0 Å². The van der Waals surface area contributed by atoms with Gasteiger partial charge in [0, 0.05) is 36.8 Å². The predicted octanol–water partition coefficient (Wildman–Crippen LogP) is 4.11. The van der Waals surface area contributed by atoms with Crippen molar-refractivity contribution in [2.75, 3.05) is 31.5 Å². The molecule has 5 nitrogen and oxygen atoms in total. The molecule has 2 amide bonds. The summed E-state index contributed by atoms with van der Waals surface area (Å²) in [7, 11) is 0. The number of benzene rings is 1. The monoisotopic (exact) mass is 406 g/mol. The van der Waals surface area contributed by atoms with E-state index < -0.39 is 11.6 Å². The number of carbonyl (C=O) groups excluding carboxylic acids is 1. The van der Waals surface area contributed by atoms with E-state index in [-0.39, 0.29) is 11.7 Å². The predicted molar refractivity (Wildman–Crippen MR) is 105 cm³/mol. The highest BCUT2D eigenvalue weighted by atomic mass is 32.1. The van der Waals surface area contributed by atoms with Crippen molar-refractivity contribution >= 4 is 23.1 Å². The van der Waals surface area contributed by atoms with E-state index in [0.29, 0.717) is 24.9 Å². The lowest BCUT2D eigenvalue weighted by atomic mass is 9.92. The van der Waals surface area contributed by atoms with Crippen LogP contribution in [-0.2, 0) is 6.54 Å². The van der Waals surface area contributed by atoms with Crippen LogP contribution in [0.5, 0.6) is 0 Å². The van der Waals surface area contributed by atoms with Crippen molar-refractivity contribution in [1.29, 1.82) is 0 Å². The minimum Gasteiger partial charge on any atom is -0.324 e. The molecule has 3 heterocycles. The van der Waals surface area contributed by atoms with Gasteiger partial charge >= 0.3 is 6.03 Å². The standard InChI is InChI=1S/C20H24F2N4OS/c1-13-23-17(12-28-13)11-25-6-4-14-9-26(10-15(14)5-7-25)20(27)24-16-2-3-18(21)19(22)8-16/h2-3,8,12,14-15H,4-7,9-11H2,1H3,(H,24,27)/t14-,15+. The van der Waals surface area contributed by atoms with Gasteiger partial charge in [-0.2, -0.15) is 0 Å². The number of anilines is 1. The number of aryl methyl sites for hydroxylation is 1. The molecular formula is C20H24F2N4OS. The maximum absolute atomic E-state index is 13.3. The van der Waals surface area contributed by atoms with Crippen LogP contribution in [0.1, 0.15) is 23.5 Å². The molecule has 8 heteroatoms. The Balaban J connectivity index is 1.30. The first-order valence-corrected chi connectivity index (χ1v) is 10.5. The number of urea groups is 1. The van der Waals surface area contributed by atoms with Crippen molar-refractivity contribution in [3.63, 3.8) is 0 Å². The highest BCUT2D eigenvalue weighted by Crippen LogP contribution is 2.32. The van der Waals surface area contributed by atoms with Crippen molar-refractivity contribution in [3.05, 3.63) is 45.9 Å². The minimum atomic E-state index is -0.959. The van der Waals surface area contributed by atoms with Crippen LogP contribution in [-0.4, -0.2) is 47.0 Å². The largest absolute Gasteiger partial charge is 0.324 e. The van der Waals surface area contributed by atoms with Gasteiger partial charge in [0.15, 0.2) is 11.6 Å². The van der Waals surface area contributed by atoms with Crippen molar-refractivity contribution < 1.29 is 13.6 Å². The fourth-order valence-corrected chi connectivity index (χ4v) is 4.82.